The van der Waals surface area contributed by atoms with Crippen molar-refractivity contribution in [2.75, 3.05) is 13.1 Å². The van der Waals surface area contributed by atoms with E-state index in [1.165, 1.54) is 6.42 Å². The molecule has 6 heteroatoms. The van der Waals surface area contributed by atoms with Gasteiger partial charge in [-0.2, -0.15) is 0 Å². The number of nitrogens with one attached hydrogen (secondary N) is 1. The van der Waals surface area contributed by atoms with Crippen LogP contribution in [-0.2, 0) is 16.1 Å². The molecule has 1 aromatic heterocycles. The molecule has 2 heterocycles. The molecule has 2 aliphatic rings. The Kier molecular flexibility index (Phi) is 5.69. The van der Waals surface area contributed by atoms with Crippen molar-refractivity contribution < 1.29 is 14.4 Å². The average molecular weight is 396 g/mol. The second-order valence-corrected chi connectivity index (χ2v) is 8.45. The Hall–Kier alpha value is -2.63. The molecule has 1 saturated carbocycles. The Labute approximate surface area is 171 Å². The summed E-state index contributed by atoms with van der Waals surface area (Å²) in [6, 6.07) is 7.54. The molecule has 154 valence electrons. The second-order valence-electron chi connectivity index (χ2n) is 8.45. The first-order chi connectivity index (χ1) is 14.0. The fourth-order valence-electron chi connectivity index (χ4n) is 4.66. The van der Waals surface area contributed by atoms with Crippen LogP contribution in [0.15, 0.2) is 30.5 Å². The molecule has 1 aromatic carbocycles. The highest BCUT2D eigenvalue weighted by molar-refractivity contribution is 6.45. The van der Waals surface area contributed by atoms with Gasteiger partial charge < -0.3 is 14.8 Å². The van der Waals surface area contributed by atoms with Gasteiger partial charge in [-0.25, -0.2) is 0 Å². The maximum Gasteiger partial charge on any atom is 0.292 e. The minimum atomic E-state index is -0.544. The highest BCUT2D eigenvalue weighted by Gasteiger charge is 2.28. The molecule has 2 aromatic rings. The van der Waals surface area contributed by atoms with Gasteiger partial charge in [0.15, 0.2) is 0 Å². The molecule has 0 spiro atoms. The number of ketones is 1. The van der Waals surface area contributed by atoms with Gasteiger partial charge >= 0.3 is 0 Å². The lowest BCUT2D eigenvalue weighted by Crippen LogP contribution is -2.44. The number of amides is 2. The van der Waals surface area contributed by atoms with Crippen LogP contribution in [0.4, 0.5) is 0 Å². The summed E-state index contributed by atoms with van der Waals surface area (Å²) >= 11 is 0. The first-order valence-corrected chi connectivity index (χ1v) is 10.8. The van der Waals surface area contributed by atoms with E-state index in [1.807, 2.05) is 29.2 Å². The summed E-state index contributed by atoms with van der Waals surface area (Å²) in [6.07, 6.45) is 8.03. The number of carbonyl (C=O) groups is 3. The maximum absolute atomic E-state index is 13.0. The van der Waals surface area contributed by atoms with E-state index in [0.717, 1.165) is 56.1 Å². The van der Waals surface area contributed by atoms with Crippen LogP contribution in [0.2, 0.25) is 0 Å². The molecule has 6 nitrogen and oxygen atoms in total. The number of nitrogens with zero attached hydrogens (tertiary/aromatic N) is 2. The number of aromatic nitrogens is 1. The van der Waals surface area contributed by atoms with E-state index in [1.54, 1.807) is 10.8 Å². The Balaban J connectivity index is 1.55. The maximum atomic E-state index is 13.0. The third kappa shape index (κ3) is 4.07. The zero-order valence-corrected chi connectivity index (χ0v) is 17.0. The van der Waals surface area contributed by atoms with Crippen molar-refractivity contribution in [3.63, 3.8) is 0 Å². The molecule has 0 radical (unpaired) electrons. The van der Waals surface area contributed by atoms with E-state index in [-0.39, 0.29) is 18.5 Å². The highest BCUT2D eigenvalue weighted by atomic mass is 16.2. The van der Waals surface area contributed by atoms with Crippen molar-refractivity contribution in [1.82, 2.24) is 14.8 Å². The lowest BCUT2D eigenvalue weighted by atomic mass is 9.86. The number of carbonyl (C=O) groups excluding carboxylic acids is 3. The molecule has 1 N–H and O–H groups in total. The normalized spacial score (nSPS) is 22.0. The number of fused-ring (bicyclic) bond motifs is 1. The quantitative estimate of drug-likeness (QED) is 0.624. The third-order valence-corrected chi connectivity index (χ3v) is 6.43. The molecule has 2 fully saturated rings. The van der Waals surface area contributed by atoms with Crippen LogP contribution in [0.25, 0.3) is 10.9 Å². The Morgan fingerprint density at radius 2 is 1.76 bits per heavy atom. The van der Waals surface area contributed by atoms with E-state index < -0.39 is 11.7 Å². The number of para-hydroxylation sites is 1. The number of rotatable bonds is 5. The molecule has 29 heavy (non-hydrogen) atoms. The van der Waals surface area contributed by atoms with Crippen molar-refractivity contribution >= 4 is 28.5 Å². The summed E-state index contributed by atoms with van der Waals surface area (Å²) in [7, 11) is 0. The zero-order valence-electron chi connectivity index (χ0n) is 17.0. The third-order valence-electron chi connectivity index (χ3n) is 6.43. The minimum absolute atomic E-state index is 0.0581. The van der Waals surface area contributed by atoms with Crippen LogP contribution >= 0.6 is 0 Å². The predicted molar refractivity (Wildman–Crippen MR) is 112 cm³/mol. The molecule has 1 aliphatic carbocycles. The molecule has 2 amide bonds. The summed E-state index contributed by atoms with van der Waals surface area (Å²) in [5.41, 5.74) is 1.18. The number of hydrogen-bond donors (Lipinski definition) is 1. The first kappa shape index (κ1) is 19.7. The van der Waals surface area contributed by atoms with Crippen LogP contribution < -0.4 is 5.32 Å². The average Bonchev–Trinajstić information content (AvgIpc) is 3.38. The van der Waals surface area contributed by atoms with Gasteiger partial charge in [0.05, 0.1) is 5.56 Å². The predicted octanol–water partition coefficient (Wildman–Crippen LogP) is 3.14. The van der Waals surface area contributed by atoms with E-state index in [2.05, 4.69) is 12.2 Å². The van der Waals surface area contributed by atoms with Crippen LogP contribution in [0.3, 0.4) is 0 Å². The lowest BCUT2D eigenvalue weighted by Gasteiger charge is -2.29. The largest absolute Gasteiger partial charge is 0.346 e. The molecule has 1 aliphatic heterocycles. The number of Topliss-reactive ketones (excluding diaryl/α,β-unsaturated/α-hetero) is 1. The zero-order chi connectivity index (χ0) is 20.4. The van der Waals surface area contributed by atoms with E-state index in [4.69, 9.17) is 0 Å². The molecular weight excluding hydrogens is 366 g/mol. The van der Waals surface area contributed by atoms with Gasteiger partial charge in [0.25, 0.3) is 11.7 Å². The Morgan fingerprint density at radius 3 is 2.52 bits per heavy atom. The summed E-state index contributed by atoms with van der Waals surface area (Å²) in [5, 5.41) is 3.67. The fourth-order valence-corrected chi connectivity index (χ4v) is 4.66. The van der Waals surface area contributed by atoms with E-state index >= 15 is 0 Å². The van der Waals surface area contributed by atoms with Gasteiger partial charge in [0.1, 0.15) is 6.54 Å². The smallest absolute Gasteiger partial charge is 0.292 e. The number of hydrogen-bond acceptors (Lipinski definition) is 3. The monoisotopic (exact) mass is 395 g/mol. The van der Waals surface area contributed by atoms with Crippen LogP contribution in [0.5, 0.6) is 0 Å². The van der Waals surface area contributed by atoms with Crippen molar-refractivity contribution in [3.05, 3.63) is 36.0 Å². The van der Waals surface area contributed by atoms with Crippen molar-refractivity contribution in [1.29, 1.82) is 0 Å². The molecule has 4 rings (SSSR count). The summed E-state index contributed by atoms with van der Waals surface area (Å²) < 4.78 is 1.81. The summed E-state index contributed by atoms with van der Waals surface area (Å²) in [6.45, 7) is 3.91. The number of likely N-dealkylation sites (tertiary alicyclic amines) is 1. The van der Waals surface area contributed by atoms with Gasteiger partial charge in [-0.05, 0) is 37.7 Å². The van der Waals surface area contributed by atoms with Gasteiger partial charge in [0, 0.05) is 36.2 Å². The van der Waals surface area contributed by atoms with Gasteiger partial charge in [0.2, 0.25) is 5.91 Å². The Bertz CT molecular complexity index is 927. The SMILES string of the molecule is C[C@H]1CCCC[C@H]1NC(=O)C(=O)c1cn(CC(=O)N2CCCC2)c2ccccc12. The highest BCUT2D eigenvalue weighted by Crippen LogP contribution is 2.25. The minimum Gasteiger partial charge on any atom is -0.346 e. The molecule has 1 saturated heterocycles. The lowest BCUT2D eigenvalue weighted by molar-refractivity contribution is -0.130. The fraction of sp³-hybridized carbons (Fsp3) is 0.522. The number of benzene rings is 1. The van der Waals surface area contributed by atoms with E-state index in [0.29, 0.717) is 11.5 Å². The van der Waals surface area contributed by atoms with Gasteiger partial charge in [-0.1, -0.05) is 38.0 Å². The summed E-state index contributed by atoms with van der Waals surface area (Å²) in [4.78, 5) is 40.1. The van der Waals surface area contributed by atoms with Crippen molar-refractivity contribution in [2.45, 2.75) is 58.0 Å². The van der Waals surface area contributed by atoms with Crippen molar-refractivity contribution in [2.24, 2.45) is 5.92 Å². The van der Waals surface area contributed by atoms with Gasteiger partial charge in [-0.3, -0.25) is 14.4 Å². The van der Waals surface area contributed by atoms with Crippen LogP contribution in [0.1, 0.15) is 55.8 Å². The molecule has 0 bridgehead atoms. The van der Waals surface area contributed by atoms with Gasteiger partial charge in [-0.15, -0.1) is 0 Å². The Morgan fingerprint density at radius 1 is 1.03 bits per heavy atom. The molecular formula is C23H29N3O3. The molecule has 0 unspecified atom stereocenters. The topological polar surface area (TPSA) is 71.4 Å². The standard InChI is InChI=1S/C23H29N3O3/c1-16-8-2-4-10-19(16)24-23(29)22(28)18-14-26(20-11-5-3-9-17(18)20)15-21(27)25-12-6-7-13-25/h3,5,9,11,14,16,19H,2,4,6-8,10,12-13,15H2,1H3,(H,24,29)/t16-,19+/m0/s1. The van der Waals surface area contributed by atoms with Crippen molar-refractivity contribution in [3.8, 4) is 0 Å². The van der Waals surface area contributed by atoms with E-state index in [9.17, 15) is 14.4 Å². The molecule has 2 atom stereocenters. The second kappa shape index (κ2) is 8.39. The van der Waals surface area contributed by atoms with Crippen LogP contribution in [-0.4, -0.2) is 46.2 Å². The first-order valence-electron chi connectivity index (χ1n) is 10.8. The van der Waals surface area contributed by atoms with Crippen LogP contribution in [0, 0.1) is 5.92 Å². The summed E-state index contributed by atoms with van der Waals surface area (Å²) in [5.74, 6) is -0.619.